The number of carboxylic acids is 1. The second-order valence-electron chi connectivity index (χ2n) is 10.7. The SMILES string of the molecule is CC(C)(C(=O)NCCCOc1ccc(CC(Nc2ccccc2C(=O)c2ccccc2)C(=O)O)cc1)c1cccc(Cl)c1. The number of carboxylic acid groups (broad SMARTS) is 1. The Bertz CT molecular complexity index is 1550. The summed E-state index contributed by atoms with van der Waals surface area (Å²) in [6, 6.07) is 29.4. The van der Waals surface area contributed by atoms with Gasteiger partial charge in [0.05, 0.1) is 12.0 Å². The molecule has 0 fully saturated rings. The lowest BCUT2D eigenvalue weighted by Crippen LogP contribution is -2.40. The first-order chi connectivity index (χ1) is 20.6. The molecule has 1 amide bonds. The van der Waals surface area contributed by atoms with Gasteiger partial charge < -0.3 is 20.5 Å². The highest BCUT2D eigenvalue weighted by Gasteiger charge is 2.29. The van der Waals surface area contributed by atoms with Crippen molar-refractivity contribution in [3.05, 3.63) is 130 Å². The number of nitrogens with one attached hydrogen (secondary N) is 2. The third-order valence-corrected chi connectivity index (χ3v) is 7.42. The lowest BCUT2D eigenvalue weighted by molar-refractivity contribution is -0.137. The first kappa shape index (κ1) is 31.3. The molecular weight excluding hydrogens is 564 g/mol. The van der Waals surface area contributed by atoms with Crippen LogP contribution in [0.15, 0.2) is 103 Å². The molecular formula is C35H35ClN2O5. The average Bonchev–Trinajstić information content (AvgIpc) is 3.01. The summed E-state index contributed by atoms with van der Waals surface area (Å²) >= 11 is 6.09. The second-order valence-corrected chi connectivity index (χ2v) is 11.2. The maximum atomic E-state index is 13.1. The Morgan fingerprint density at radius 1 is 0.884 bits per heavy atom. The van der Waals surface area contributed by atoms with Gasteiger partial charge in [0.15, 0.2) is 5.78 Å². The van der Waals surface area contributed by atoms with E-state index in [2.05, 4.69) is 10.6 Å². The number of benzene rings is 4. The third-order valence-electron chi connectivity index (χ3n) is 7.19. The third kappa shape index (κ3) is 8.46. The number of rotatable bonds is 14. The lowest BCUT2D eigenvalue weighted by Gasteiger charge is -2.24. The molecule has 0 heterocycles. The minimum atomic E-state index is -1.03. The number of ether oxygens (including phenoxy) is 1. The number of carbonyl (C=O) groups is 3. The van der Waals surface area contributed by atoms with Crippen molar-refractivity contribution in [2.24, 2.45) is 0 Å². The van der Waals surface area contributed by atoms with E-state index in [1.807, 2.05) is 44.2 Å². The maximum Gasteiger partial charge on any atom is 0.326 e. The smallest absolute Gasteiger partial charge is 0.326 e. The van der Waals surface area contributed by atoms with Crippen LogP contribution in [-0.2, 0) is 21.4 Å². The summed E-state index contributed by atoms with van der Waals surface area (Å²) < 4.78 is 5.82. The van der Waals surface area contributed by atoms with Crippen LogP contribution in [0.1, 0.15) is 47.3 Å². The quantitative estimate of drug-likeness (QED) is 0.112. The van der Waals surface area contributed by atoms with E-state index >= 15 is 0 Å². The number of hydrogen-bond acceptors (Lipinski definition) is 5. The Balaban J connectivity index is 1.28. The molecule has 0 saturated heterocycles. The first-order valence-electron chi connectivity index (χ1n) is 14.1. The monoisotopic (exact) mass is 598 g/mol. The van der Waals surface area contributed by atoms with Crippen molar-refractivity contribution in [3.8, 4) is 5.75 Å². The van der Waals surface area contributed by atoms with Crippen LogP contribution in [0.25, 0.3) is 0 Å². The van der Waals surface area contributed by atoms with Gasteiger partial charge in [-0.05, 0) is 67.8 Å². The van der Waals surface area contributed by atoms with Crippen LogP contribution in [0, 0.1) is 0 Å². The number of carbonyl (C=O) groups excluding carboxylic acids is 2. The zero-order valence-corrected chi connectivity index (χ0v) is 24.9. The molecule has 7 nitrogen and oxygen atoms in total. The minimum Gasteiger partial charge on any atom is -0.494 e. The summed E-state index contributed by atoms with van der Waals surface area (Å²) in [5.41, 5.74) is 2.33. The van der Waals surface area contributed by atoms with Gasteiger partial charge >= 0.3 is 5.97 Å². The average molecular weight is 599 g/mol. The summed E-state index contributed by atoms with van der Waals surface area (Å²) in [5, 5.41) is 16.5. The zero-order valence-electron chi connectivity index (χ0n) is 24.2. The highest BCUT2D eigenvalue weighted by atomic mass is 35.5. The van der Waals surface area contributed by atoms with Gasteiger partial charge in [-0.1, -0.05) is 78.3 Å². The van der Waals surface area contributed by atoms with E-state index in [-0.39, 0.29) is 18.1 Å². The topological polar surface area (TPSA) is 105 Å². The Morgan fingerprint density at radius 3 is 2.28 bits per heavy atom. The van der Waals surface area contributed by atoms with Crippen LogP contribution in [0.3, 0.4) is 0 Å². The van der Waals surface area contributed by atoms with Gasteiger partial charge in [0.2, 0.25) is 5.91 Å². The molecule has 0 spiro atoms. The number of aliphatic carboxylic acids is 1. The summed E-state index contributed by atoms with van der Waals surface area (Å²) in [7, 11) is 0. The predicted molar refractivity (Wildman–Crippen MR) is 169 cm³/mol. The number of halogens is 1. The van der Waals surface area contributed by atoms with Gasteiger partial charge in [-0.15, -0.1) is 0 Å². The Labute approximate surface area is 256 Å². The molecule has 4 rings (SSSR count). The summed E-state index contributed by atoms with van der Waals surface area (Å²) in [6.07, 6.45) is 0.823. The highest BCUT2D eigenvalue weighted by molar-refractivity contribution is 6.30. The van der Waals surface area contributed by atoms with Gasteiger partial charge in [0.1, 0.15) is 11.8 Å². The number of hydrogen-bond donors (Lipinski definition) is 3. The predicted octanol–water partition coefficient (Wildman–Crippen LogP) is 6.54. The number of ketones is 1. The van der Waals surface area contributed by atoms with Crippen molar-refractivity contribution in [2.45, 2.75) is 38.1 Å². The van der Waals surface area contributed by atoms with E-state index in [1.165, 1.54) is 0 Å². The zero-order chi connectivity index (χ0) is 30.8. The summed E-state index contributed by atoms with van der Waals surface area (Å²) in [4.78, 5) is 37.9. The molecule has 1 atom stereocenters. The molecule has 0 saturated carbocycles. The van der Waals surface area contributed by atoms with E-state index in [0.29, 0.717) is 47.2 Å². The molecule has 3 N–H and O–H groups in total. The van der Waals surface area contributed by atoms with Gasteiger partial charge in [0, 0.05) is 34.8 Å². The Kier molecular flexibility index (Phi) is 10.6. The molecule has 0 aliphatic rings. The van der Waals surface area contributed by atoms with E-state index in [9.17, 15) is 19.5 Å². The molecule has 222 valence electrons. The Morgan fingerprint density at radius 2 is 1.58 bits per heavy atom. The lowest BCUT2D eigenvalue weighted by atomic mass is 9.84. The van der Waals surface area contributed by atoms with Crippen molar-refractivity contribution >= 4 is 34.9 Å². The van der Waals surface area contributed by atoms with Crippen molar-refractivity contribution in [1.29, 1.82) is 0 Å². The largest absolute Gasteiger partial charge is 0.494 e. The molecule has 4 aromatic carbocycles. The van der Waals surface area contributed by atoms with Crippen molar-refractivity contribution in [1.82, 2.24) is 5.32 Å². The normalized spacial score (nSPS) is 11.8. The number of para-hydroxylation sites is 1. The fraction of sp³-hybridized carbons (Fsp3) is 0.229. The Hall–Kier alpha value is -4.62. The fourth-order valence-electron chi connectivity index (χ4n) is 4.59. The molecule has 8 heteroatoms. The van der Waals surface area contributed by atoms with Crippen molar-refractivity contribution in [3.63, 3.8) is 0 Å². The second kappa shape index (κ2) is 14.5. The number of anilines is 1. The summed E-state index contributed by atoms with van der Waals surface area (Å²) in [6.45, 7) is 4.59. The van der Waals surface area contributed by atoms with Crippen LogP contribution in [0.2, 0.25) is 5.02 Å². The van der Waals surface area contributed by atoms with Crippen LogP contribution in [0.4, 0.5) is 5.69 Å². The molecule has 0 radical (unpaired) electrons. The first-order valence-corrected chi connectivity index (χ1v) is 14.5. The minimum absolute atomic E-state index is 0.0900. The van der Waals surface area contributed by atoms with Crippen LogP contribution < -0.4 is 15.4 Å². The molecule has 1 unspecified atom stereocenters. The van der Waals surface area contributed by atoms with Crippen LogP contribution >= 0.6 is 11.6 Å². The molecule has 0 aromatic heterocycles. The van der Waals surface area contributed by atoms with Crippen molar-refractivity contribution < 1.29 is 24.2 Å². The molecule has 43 heavy (non-hydrogen) atoms. The van der Waals surface area contributed by atoms with E-state index in [4.69, 9.17) is 16.3 Å². The van der Waals surface area contributed by atoms with E-state index in [1.54, 1.807) is 72.8 Å². The van der Waals surface area contributed by atoms with E-state index < -0.39 is 17.4 Å². The van der Waals surface area contributed by atoms with Crippen LogP contribution in [-0.4, -0.2) is 42.0 Å². The standard InChI is InChI=1S/C35H35ClN2O5/c1-35(2,26-12-8-13-27(36)23-26)34(42)37-20-9-21-43-28-18-16-24(17-19-28)22-31(33(40)41)38-30-15-7-6-14-29(30)32(39)25-10-4-3-5-11-25/h3-8,10-19,23,31,38H,9,20-22H2,1-2H3,(H,37,42)(H,40,41). The molecule has 0 aliphatic carbocycles. The molecule has 0 aliphatic heterocycles. The fourth-order valence-corrected chi connectivity index (χ4v) is 4.78. The van der Waals surface area contributed by atoms with Crippen LogP contribution in [0.5, 0.6) is 5.75 Å². The van der Waals surface area contributed by atoms with Gasteiger partial charge in [-0.25, -0.2) is 4.79 Å². The highest BCUT2D eigenvalue weighted by Crippen LogP contribution is 2.26. The summed E-state index contributed by atoms with van der Waals surface area (Å²) in [5.74, 6) is -0.651. The molecule has 0 bridgehead atoms. The van der Waals surface area contributed by atoms with Gasteiger partial charge in [-0.2, -0.15) is 0 Å². The maximum absolute atomic E-state index is 13.1. The van der Waals surface area contributed by atoms with Crippen molar-refractivity contribution in [2.75, 3.05) is 18.5 Å². The van der Waals surface area contributed by atoms with Gasteiger partial charge in [0.25, 0.3) is 0 Å². The number of amides is 1. The van der Waals surface area contributed by atoms with E-state index in [0.717, 1.165) is 11.1 Å². The van der Waals surface area contributed by atoms with Gasteiger partial charge in [-0.3, -0.25) is 9.59 Å². The molecule has 4 aromatic rings.